The molecule has 6 atom stereocenters. The highest BCUT2D eigenvalue weighted by molar-refractivity contribution is 7.67. The van der Waals surface area contributed by atoms with Gasteiger partial charge in [0.25, 0.3) is 0 Å². The van der Waals surface area contributed by atoms with Crippen molar-refractivity contribution in [3.8, 4) is 18.2 Å². The van der Waals surface area contributed by atoms with Crippen molar-refractivity contribution in [2.75, 3.05) is 12.3 Å². The Balaban J connectivity index is 3.09. The maximum absolute atomic E-state index is 10.9. The molecule has 1 aliphatic heterocycles. The molecule has 1 fully saturated rings. The third-order valence-corrected chi connectivity index (χ3v) is 9.99. The molecule has 120 valence electrons. The molecule has 1 saturated heterocycles. The van der Waals surface area contributed by atoms with Crippen LogP contribution in [-0.2, 0) is 0 Å². The molecular formula is C13H19N3O4P2. The van der Waals surface area contributed by atoms with E-state index in [4.69, 9.17) is 15.8 Å². The predicted molar refractivity (Wildman–Crippen MR) is 81.9 cm³/mol. The standard InChI is InChI=1S/C13H19N3O4P2/c14-5-1-4-13(20)12(19)21(8-2-6-15)10(17)11(18)22(13)9-3-7-16/h10-12,17-20H,1-4,8-9H2. The maximum Gasteiger partial charge on any atom is 0.117 e. The summed E-state index contributed by atoms with van der Waals surface area (Å²) in [7, 11) is -3.22. The van der Waals surface area contributed by atoms with Crippen LogP contribution in [0.4, 0.5) is 0 Å². The molecule has 1 rings (SSSR count). The first-order chi connectivity index (χ1) is 10.4. The molecule has 22 heavy (non-hydrogen) atoms. The van der Waals surface area contributed by atoms with E-state index in [9.17, 15) is 20.4 Å². The van der Waals surface area contributed by atoms with Gasteiger partial charge < -0.3 is 20.4 Å². The second kappa shape index (κ2) is 8.71. The number of rotatable bonds is 6. The Morgan fingerprint density at radius 1 is 0.864 bits per heavy atom. The Labute approximate surface area is 131 Å². The van der Waals surface area contributed by atoms with Crippen LogP contribution in [0.3, 0.4) is 0 Å². The summed E-state index contributed by atoms with van der Waals surface area (Å²) in [6.45, 7) is 0. The first-order valence-electron chi connectivity index (χ1n) is 6.84. The van der Waals surface area contributed by atoms with Gasteiger partial charge in [-0.1, -0.05) is 0 Å². The third-order valence-electron chi connectivity index (χ3n) is 3.70. The van der Waals surface area contributed by atoms with Crippen LogP contribution in [0.5, 0.6) is 0 Å². The SMILES string of the molecule is N#CCCP1C(O)C(O)P(CCC#N)C(O)(CCC#N)C1O. The van der Waals surface area contributed by atoms with E-state index in [1.165, 1.54) is 0 Å². The minimum atomic E-state index is -1.66. The molecule has 0 bridgehead atoms. The van der Waals surface area contributed by atoms with Crippen LogP contribution >= 0.6 is 15.8 Å². The lowest BCUT2D eigenvalue weighted by molar-refractivity contribution is 0.00879. The molecule has 0 aromatic rings. The van der Waals surface area contributed by atoms with Crippen molar-refractivity contribution in [1.82, 2.24) is 0 Å². The van der Waals surface area contributed by atoms with Crippen molar-refractivity contribution in [2.45, 2.75) is 48.6 Å². The average Bonchev–Trinajstić information content (AvgIpc) is 2.51. The Hall–Kier alpha value is -0.830. The summed E-state index contributed by atoms with van der Waals surface area (Å²) in [6, 6.07) is 5.77. The summed E-state index contributed by atoms with van der Waals surface area (Å²) in [5, 5.41) is 66.5. The van der Waals surface area contributed by atoms with Gasteiger partial charge in [-0.3, -0.25) is 0 Å². The summed E-state index contributed by atoms with van der Waals surface area (Å²) in [6.07, 6.45) is 0.580. The summed E-state index contributed by atoms with van der Waals surface area (Å²) in [4.78, 5) is 0. The van der Waals surface area contributed by atoms with E-state index >= 15 is 0 Å². The molecule has 7 nitrogen and oxygen atoms in total. The highest BCUT2D eigenvalue weighted by Crippen LogP contribution is 2.70. The Morgan fingerprint density at radius 3 is 1.95 bits per heavy atom. The van der Waals surface area contributed by atoms with E-state index in [0.717, 1.165) is 0 Å². The van der Waals surface area contributed by atoms with Crippen molar-refractivity contribution in [3.63, 3.8) is 0 Å². The Kier molecular flexibility index (Phi) is 7.61. The van der Waals surface area contributed by atoms with Gasteiger partial charge in [0.15, 0.2) is 0 Å². The van der Waals surface area contributed by atoms with Crippen molar-refractivity contribution < 1.29 is 20.4 Å². The van der Waals surface area contributed by atoms with Gasteiger partial charge in [0.2, 0.25) is 0 Å². The number of nitriles is 3. The Morgan fingerprint density at radius 2 is 1.41 bits per heavy atom. The predicted octanol–water partition coefficient (Wildman–Crippen LogP) is 0.739. The molecular weight excluding hydrogens is 324 g/mol. The van der Waals surface area contributed by atoms with Gasteiger partial charge in [0, 0.05) is 19.3 Å². The van der Waals surface area contributed by atoms with Gasteiger partial charge >= 0.3 is 0 Å². The minimum Gasteiger partial charge on any atom is -0.385 e. The lowest BCUT2D eigenvalue weighted by Crippen LogP contribution is -2.51. The maximum atomic E-state index is 10.9. The molecule has 4 N–H and O–H groups in total. The van der Waals surface area contributed by atoms with Gasteiger partial charge in [0.1, 0.15) is 22.9 Å². The zero-order valence-corrected chi connectivity index (χ0v) is 13.8. The number of aliphatic hydroxyl groups is 4. The van der Waals surface area contributed by atoms with Gasteiger partial charge in [-0.25, -0.2) is 0 Å². The van der Waals surface area contributed by atoms with Crippen LogP contribution in [0.1, 0.15) is 25.7 Å². The number of hydrogen-bond donors (Lipinski definition) is 4. The minimum absolute atomic E-state index is 0.00316. The van der Waals surface area contributed by atoms with Gasteiger partial charge in [-0.2, -0.15) is 15.8 Å². The quantitative estimate of drug-likeness (QED) is 0.519. The van der Waals surface area contributed by atoms with E-state index in [1.54, 1.807) is 0 Å². The number of hydrogen-bond acceptors (Lipinski definition) is 7. The molecule has 0 saturated carbocycles. The molecule has 0 amide bonds. The molecule has 1 aliphatic rings. The summed E-state index contributed by atoms with van der Waals surface area (Å²) in [5.41, 5.74) is 0. The van der Waals surface area contributed by atoms with E-state index in [-0.39, 0.29) is 38.0 Å². The smallest absolute Gasteiger partial charge is 0.117 e. The van der Waals surface area contributed by atoms with Crippen LogP contribution in [-0.4, -0.2) is 55.6 Å². The second-order valence-corrected chi connectivity index (χ2v) is 10.2. The van der Waals surface area contributed by atoms with Crippen molar-refractivity contribution in [2.24, 2.45) is 0 Å². The first-order valence-corrected chi connectivity index (χ1v) is 10.1. The van der Waals surface area contributed by atoms with E-state index in [0.29, 0.717) is 0 Å². The fourth-order valence-electron chi connectivity index (χ4n) is 2.56. The van der Waals surface area contributed by atoms with Crippen LogP contribution in [0.2, 0.25) is 0 Å². The fraction of sp³-hybridized carbons (Fsp3) is 0.769. The summed E-state index contributed by atoms with van der Waals surface area (Å²) < 4.78 is 0. The average molecular weight is 343 g/mol. The zero-order chi connectivity index (χ0) is 16.8. The zero-order valence-electron chi connectivity index (χ0n) is 12.0. The van der Waals surface area contributed by atoms with Gasteiger partial charge in [-0.15, -0.1) is 0 Å². The molecule has 9 heteroatoms. The summed E-state index contributed by atoms with van der Waals surface area (Å²) in [5.74, 6) is -3.68. The molecule has 1 heterocycles. The van der Waals surface area contributed by atoms with Gasteiger partial charge in [0.05, 0.1) is 18.2 Å². The lowest BCUT2D eigenvalue weighted by atomic mass is 10.2. The van der Waals surface area contributed by atoms with Crippen molar-refractivity contribution in [3.05, 3.63) is 0 Å². The fourth-order valence-corrected chi connectivity index (χ4v) is 9.08. The van der Waals surface area contributed by atoms with Gasteiger partial charge in [-0.05, 0) is 34.6 Å². The number of aliphatic hydroxyl groups excluding tert-OH is 3. The monoisotopic (exact) mass is 343 g/mol. The second-order valence-electron chi connectivity index (χ2n) is 4.99. The van der Waals surface area contributed by atoms with Crippen LogP contribution in [0.15, 0.2) is 0 Å². The lowest BCUT2D eigenvalue weighted by Gasteiger charge is -2.52. The van der Waals surface area contributed by atoms with Crippen LogP contribution in [0, 0.1) is 34.0 Å². The highest BCUT2D eigenvalue weighted by atomic mass is 31.1. The van der Waals surface area contributed by atoms with E-state index < -0.39 is 38.7 Å². The molecule has 0 aromatic heterocycles. The summed E-state index contributed by atoms with van der Waals surface area (Å²) >= 11 is 0. The molecule has 6 unspecified atom stereocenters. The van der Waals surface area contributed by atoms with Crippen molar-refractivity contribution in [1.29, 1.82) is 15.8 Å². The molecule has 0 aliphatic carbocycles. The molecule has 0 spiro atoms. The topological polar surface area (TPSA) is 152 Å². The molecule has 0 radical (unpaired) electrons. The van der Waals surface area contributed by atoms with Crippen molar-refractivity contribution >= 4 is 15.8 Å². The number of nitrogens with zero attached hydrogens (tertiary/aromatic N) is 3. The van der Waals surface area contributed by atoms with E-state index in [2.05, 4.69) is 0 Å². The third kappa shape index (κ3) is 3.92. The first kappa shape index (κ1) is 19.2. The van der Waals surface area contributed by atoms with Crippen LogP contribution in [0.25, 0.3) is 0 Å². The normalized spacial score (nSPS) is 37.8. The van der Waals surface area contributed by atoms with E-state index in [1.807, 2.05) is 18.2 Å². The molecule has 0 aromatic carbocycles. The van der Waals surface area contributed by atoms with Crippen LogP contribution < -0.4 is 0 Å². The Bertz CT molecular complexity index is 501. The highest BCUT2D eigenvalue weighted by Gasteiger charge is 2.56. The largest absolute Gasteiger partial charge is 0.385 e.